The highest BCUT2D eigenvalue weighted by atomic mass is 16.5. The number of benzene rings is 3. The SMILES string of the molecule is CCOC(=O)c1ccc(NC(=O)Nc2ccc(N3CCC(C)CC3)c(C(=O)NC(C)c3ccccc3)c2)cc1. The molecule has 39 heavy (non-hydrogen) atoms. The summed E-state index contributed by atoms with van der Waals surface area (Å²) in [5.41, 5.74) is 3.83. The second-order valence-electron chi connectivity index (χ2n) is 9.88. The summed E-state index contributed by atoms with van der Waals surface area (Å²) < 4.78 is 4.99. The van der Waals surface area contributed by atoms with Crippen LogP contribution < -0.4 is 20.9 Å². The Hall–Kier alpha value is -4.33. The molecule has 4 rings (SSSR count). The Morgan fingerprint density at radius 2 is 1.56 bits per heavy atom. The molecule has 0 radical (unpaired) electrons. The first-order valence-corrected chi connectivity index (χ1v) is 13.4. The number of ether oxygens (including phenoxy) is 1. The lowest BCUT2D eigenvalue weighted by molar-refractivity contribution is 0.0526. The van der Waals surface area contributed by atoms with E-state index in [2.05, 4.69) is 27.8 Å². The number of anilines is 3. The number of urea groups is 1. The number of amides is 3. The fraction of sp³-hybridized carbons (Fsp3) is 0.323. The van der Waals surface area contributed by atoms with Crippen LogP contribution in [-0.4, -0.2) is 37.6 Å². The maximum atomic E-state index is 13.5. The maximum absolute atomic E-state index is 13.5. The monoisotopic (exact) mass is 528 g/mol. The van der Waals surface area contributed by atoms with Gasteiger partial charge in [0.05, 0.1) is 23.8 Å². The summed E-state index contributed by atoms with van der Waals surface area (Å²) in [4.78, 5) is 40.4. The molecule has 1 aliphatic heterocycles. The summed E-state index contributed by atoms with van der Waals surface area (Å²) in [5, 5.41) is 8.70. The third-order valence-corrected chi connectivity index (χ3v) is 6.92. The van der Waals surface area contributed by atoms with Gasteiger partial charge in [0.15, 0.2) is 0 Å². The quantitative estimate of drug-likeness (QED) is 0.301. The largest absolute Gasteiger partial charge is 0.462 e. The molecule has 1 fully saturated rings. The first-order valence-electron chi connectivity index (χ1n) is 13.4. The van der Waals surface area contributed by atoms with Gasteiger partial charge in [-0.2, -0.15) is 0 Å². The van der Waals surface area contributed by atoms with E-state index < -0.39 is 12.0 Å². The number of nitrogens with zero attached hydrogens (tertiary/aromatic N) is 1. The maximum Gasteiger partial charge on any atom is 0.338 e. The molecule has 0 bridgehead atoms. The van der Waals surface area contributed by atoms with Gasteiger partial charge in [0.2, 0.25) is 0 Å². The van der Waals surface area contributed by atoms with Gasteiger partial charge < -0.3 is 25.6 Å². The van der Waals surface area contributed by atoms with Crippen molar-refractivity contribution in [3.8, 4) is 0 Å². The number of rotatable bonds is 8. The number of hydrogen-bond donors (Lipinski definition) is 3. The number of nitrogens with one attached hydrogen (secondary N) is 3. The van der Waals surface area contributed by atoms with E-state index in [-0.39, 0.29) is 11.9 Å². The summed E-state index contributed by atoms with van der Waals surface area (Å²) in [7, 11) is 0. The van der Waals surface area contributed by atoms with Crippen molar-refractivity contribution in [2.75, 3.05) is 35.2 Å². The molecule has 3 amide bonds. The minimum Gasteiger partial charge on any atom is -0.462 e. The van der Waals surface area contributed by atoms with Crippen LogP contribution in [0.2, 0.25) is 0 Å². The number of hydrogen-bond acceptors (Lipinski definition) is 5. The van der Waals surface area contributed by atoms with Crippen molar-refractivity contribution in [2.45, 2.75) is 39.7 Å². The van der Waals surface area contributed by atoms with Crippen molar-refractivity contribution in [2.24, 2.45) is 5.92 Å². The highest BCUT2D eigenvalue weighted by Gasteiger charge is 2.23. The van der Waals surface area contributed by atoms with Crippen LogP contribution in [0.15, 0.2) is 72.8 Å². The fourth-order valence-corrected chi connectivity index (χ4v) is 4.62. The second kappa shape index (κ2) is 13.0. The van der Waals surface area contributed by atoms with Crippen LogP contribution in [0.5, 0.6) is 0 Å². The zero-order valence-electron chi connectivity index (χ0n) is 22.7. The number of carbonyl (C=O) groups is 3. The molecule has 1 unspecified atom stereocenters. The van der Waals surface area contributed by atoms with Gasteiger partial charge in [0.25, 0.3) is 5.91 Å². The fourth-order valence-electron chi connectivity index (χ4n) is 4.62. The molecule has 3 aromatic rings. The average Bonchev–Trinajstić information content (AvgIpc) is 2.94. The van der Waals surface area contributed by atoms with Crippen molar-refractivity contribution in [1.82, 2.24) is 5.32 Å². The summed E-state index contributed by atoms with van der Waals surface area (Å²) in [6.07, 6.45) is 2.14. The van der Waals surface area contributed by atoms with Gasteiger partial charge in [-0.25, -0.2) is 9.59 Å². The zero-order valence-corrected chi connectivity index (χ0v) is 22.7. The van der Waals surface area contributed by atoms with E-state index in [0.29, 0.717) is 35.0 Å². The molecule has 8 heteroatoms. The van der Waals surface area contributed by atoms with Crippen LogP contribution in [0.1, 0.15) is 65.9 Å². The standard InChI is InChI=1S/C31H36N4O4/c1-4-39-30(37)24-10-12-25(13-11-24)33-31(38)34-26-14-15-28(35-18-16-21(2)17-19-35)27(20-26)29(36)32-22(3)23-8-6-5-7-9-23/h5-15,20-22H,4,16-19H2,1-3H3,(H,32,36)(H2,33,34,38). The van der Waals surface area contributed by atoms with E-state index in [9.17, 15) is 14.4 Å². The summed E-state index contributed by atoms with van der Waals surface area (Å²) in [5.74, 6) is 0.0513. The third kappa shape index (κ3) is 7.37. The first-order chi connectivity index (χ1) is 18.8. The molecule has 8 nitrogen and oxygen atoms in total. The minimum absolute atomic E-state index is 0.176. The molecule has 0 aliphatic carbocycles. The van der Waals surface area contributed by atoms with E-state index in [1.807, 2.05) is 49.4 Å². The molecule has 1 saturated heterocycles. The molecule has 1 atom stereocenters. The lowest BCUT2D eigenvalue weighted by Crippen LogP contribution is -2.35. The van der Waals surface area contributed by atoms with Crippen molar-refractivity contribution >= 4 is 35.0 Å². The molecule has 1 heterocycles. The van der Waals surface area contributed by atoms with E-state index in [4.69, 9.17) is 4.74 Å². The Kier molecular flexibility index (Phi) is 9.20. The van der Waals surface area contributed by atoms with Crippen LogP contribution in [0.25, 0.3) is 0 Å². The summed E-state index contributed by atoms with van der Waals surface area (Å²) in [6, 6.07) is 21.1. The Labute approximate surface area is 229 Å². The van der Waals surface area contributed by atoms with Crippen LogP contribution in [0.3, 0.4) is 0 Å². The van der Waals surface area contributed by atoms with Gasteiger partial charge in [-0.3, -0.25) is 4.79 Å². The molecule has 3 N–H and O–H groups in total. The predicted octanol–water partition coefficient (Wildman–Crippen LogP) is 6.23. The van der Waals surface area contributed by atoms with Crippen molar-refractivity contribution in [3.05, 3.63) is 89.5 Å². The topological polar surface area (TPSA) is 99.8 Å². The highest BCUT2D eigenvalue weighted by molar-refractivity contribution is 6.04. The zero-order chi connectivity index (χ0) is 27.8. The van der Waals surface area contributed by atoms with Crippen molar-refractivity contribution in [1.29, 1.82) is 0 Å². The normalized spacial score (nSPS) is 14.3. The Morgan fingerprint density at radius 1 is 0.923 bits per heavy atom. The molecule has 204 valence electrons. The smallest absolute Gasteiger partial charge is 0.338 e. The summed E-state index contributed by atoms with van der Waals surface area (Å²) in [6.45, 7) is 8.01. The van der Waals surface area contributed by atoms with Crippen molar-refractivity contribution < 1.29 is 19.1 Å². The van der Waals surface area contributed by atoms with Gasteiger partial charge >= 0.3 is 12.0 Å². The molecule has 3 aromatic carbocycles. The van der Waals surface area contributed by atoms with Crippen molar-refractivity contribution in [3.63, 3.8) is 0 Å². The Balaban J connectivity index is 1.50. The number of piperidine rings is 1. The van der Waals surface area contributed by atoms with Gasteiger partial charge in [0, 0.05) is 30.2 Å². The Morgan fingerprint density at radius 3 is 2.23 bits per heavy atom. The second-order valence-corrected chi connectivity index (χ2v) is 9.88. The molecule has 0 aromatic heterocycles. The van der Waals surface area contributed by atoms with Crippen LogP contribution in [0.4, 0.5) is 21.9 Å². The summed E-state index contributed by atoms with van der Waals surface area (Å²) >= 11 is 0. The molecule has 1 aliphatic rings. The van der Waals surface area contributed by atoms with Gasteiger partial charge in [-0.15, -0.1) is 0 Å². The molecule has 0 saturated carbocycles. The lowest BCUT2D eigenvalue weighted by Gasteiger charge is -2.33. The van der Waals surface area contributed by atoms with Gasteiger partial charge in [0.1, 0.15) is 0 Å². The van der Waals surface area contributed by atoms with Crippen LogP contribution in [-0.2, 0) is 4.74 Å². The molecular weight excluding hydrogens is 492 g/mol. The van der Waals surface area contributed by atoms with E-state index in [1.165, 1.54) is 0 Å². The van der Waals surface area contributed by atoms with Gasteiger partial charge in [-0.1, -0.05) is 37.3 Å². The molecule has 0 spiro atoms. The predicted molar refractivity (Wildman–Crippen MR) is 154 cm³/mol. The van der Waals surface area contributed by atoms with E-state index >= 15 is 0 Å². The molecular formula is C31H36N4O4. The van der Waals surface area contributed by atoms with Crippen LogP contribution in [0, 0.1) is 5.92 Å². The third-order valence-electron chi connectivity index (χ3n) is 6.92. The number of esters is 1. The number of carbonyl (C=O) groups excluding carboxylic acids is 3. The van der Waals surface area contributed by atoms with Gasteiger partial charge in [-0.05, 0) is 80.6 Å². The van der Waals surface area contributed by atoms with Crippen LogP contribution >= 0.6 is 0 Å². The highest BCUT2D eigenvalue weighted by Crippen LogP contribution is 2.29. The minimum atomic E-state index is -0.456. The average molecular weight is 529 g/mol. The van der Waals surface area contributed by atoms with E-state index in [1.54, 1.807) is 37.3 Å². The first kappa shape index (κ1) is 27.7. The van der Waals surface area contributed by atoms with E-state index in [0.717, 1.165) is 37.2 Å². The lowest BCUT2D eigenvalue weighted by atomic mass is 9.97. The Bertz CT molecular complexity index is 1290.